The van der Waals surface area contributed by atoms with E-state index in [0.29, 0.717) is 18.4 Å². The lowest BCUT2D eigenvalue weighted by Crippen LogP contribution is -2.53. The molecular weight excluding hydrogens is 424 g/mol. The van der Waals surface area contributed by atoms with E-state index < -0.39 is 30.1 Å². The van der Waals surface area contributed by atoms with Gasteiger partial charge in [-0.25, -0.2) is 0 Å². The summed E-state index contributed by atoms with van der Waals surface area (Å²) in [7, 11) is 0. The summed E-state index contributed by atoms with van der Waals surface area (Å²) >= 11 is 3.29. The second-order valence-corrected chi connectivity index (χ2v) is 7.52. The van der Waals surface area contributed by atoms with Crippen LogP contribution >= 0.6 is 15.9 Å². The van der Waals surface area contributed by atoms with Crippen LogP contribution in [-0.2, 0) is 9.59 Å². The summed E-state index contributed by atoms with van der Waals surface area (Å²) in [5.41, 5.74) is 0.778. The Kier molecular flexibility index (Phi) is 13.8. The molecule has 0 aliphatic rings. The van der Waals surface area contributed by atoms with Crippen molar-refractivity contribution in [2.24, 2.45) is 5.92 Å². The highest BCUT2D eigenvalue weighted by atomic mass is 79.9. The lowest BCUT2D eigenvalue weighted by molar-refractivity contribution is -0.153. The number of nitrogens with one attached hydrogen (secondary N) is 1. The average Bonchev–Trinajstić information content (AvgIpc) is 2.68. The van der Waals surface area contributed by atoms with Crippen molar-refractivity contribution in [3.63, 3.8) is 0 Å². The molecule has 0 aromatic carbocycles. The summed E-state index contributed by atoms with van der Waals surface area (Å²) in [5.74, 6) is -1.16. The molecule has 0 bridgehead atoms. The van der Waals surface area contributed by atoms with Gasteiger partial charge in [0, 0.05) is 18.4 Å². The number of amides is 2. The zero-order valence-corrected chi connectivity index (χ0v) is 19.0. The minimum atomic E-state index is -1.84. The number of hydrogen-bond donors (Lipinski definition) is 3. The molecule has 0 saturated carbocycles. The van der Waals surface area contributed by atoms with Gasteiger partial charge in [-0.2, -0.15) is 0 Å². The molecule has 3 N–H and O–H groups in total. The van der Waals surface area contributed by atoms with Crippen molar-refractivity contribution in [1.29, 1.82) is 0 Å². The summed E-state index contributed by atoms with van der Waals surface area (Å²) in [6, 6.07) is -0.426. The molecule has 0 radical (unpaired) electrons. The molecule has 0 aliphatic carbocycles. The van der Waals surface area contributed by atoms with E-state index in [-0.39, 0.29) is 5.92 Å². The minimum Gasteiger partial charge on any atom is -0.380 e. The van der Waals surface area contributed by atoms with Gasteiger partial charge in [0.15, 0.2) is 12.2 Å². The van der Waals surface area contributed by atoms with Gasteiger partial charge < -0.3 is 20.4 Å². The highest BCUT2D eigenvalue weighted by Crippen LogP contribution is 2.10. The van der Waals surface area contributed by atoms with Crippen LogP contribution in [-0.4, -0.2) is 63.6 Å². The number of halogens is 1. The third-order valence-electron chi connectivity index (χ3n) is 4.42. The molecule has 0 heterocycles. The zero-order chi connectivity index (χ0) is 21.7. The van der Waals surface area contributed by atoms with Gasteiger partial charge in [0.2, 0.25) is 0 Å². The molecular formula is C21H35BrN2O4. The van der Waals surface area contributed by atoms with Crippen LogP contribution in [0.15, 0.2) is 36.5 Å². The predicted octanol–water partition coefficient (Wildman–Crippen LogP) is 2.56. The highest BCUT2D eigenvalue weighted by Gasteiger charge is 2.34. The Hall–Kier alpha value is -1.44. The molecule has 0 aromatic heterocycles. The van der Waals surface area contributed by atoms with Crippen molar-refractivity contribution in [1.82, 2.24) is 10.2 Å². The van der Waals surface area contributed by atoms with Crippen LogP contribution in [0.2, 0.25) is 0 Å². The quantitative estimate of drug-likeness (QED) is 0.292. The predicted molar refractivity (Wildman–Crippen MR) is 117 cm³/mol. The van der Waals surface area contributed by atoms with E-state index in [0.717, 1.165) is 18.4 Å². The van der Waals surface area contributed by atoms with Gasteiger partial charge in [-0.3, -0.25) is 9.59 Å². The number of allylic oxidation sites excluding steroid dienone is 3. The fourth-order valence-corrected chi connectivity index (χ4v) is 2.76. The number of aliphatic hydroxyl groups excluding tert-OH is 2. The largest absolute Gasteiger partial charge is 0.380 e. The number of hydrogen-bond acceptors (Lipinski definition) is 4. The van der Waals surface area contributed by atoms with E-state index in [1.807, 2.05) is 32.9 Å². The number of rotatable bonds is 13. The van der Waals surface area contributed by atoms with Gasteiger partial charge in [-0.05, 0) is 24.8 Å². The topological polar surface area (TPSA) is 89.9 Å². The van der Waals surface area contributed by atoms with Crippen molar-refractivity contribution in [3.05, 3.63) is 36.5 Å². The zero-order valence-electron chi connectivity index (χ0n) is 17.4. The molecule has 2 amide bonds. The minimum absolute atomic E-state index is 0.265. The molecule has 7 heteroatoms. The van der Waals surface area contributed by atoms with Crippen LogP contribution < -0.4 is 5.32 Å². The molecule has 28 heavy (non-hydrogen) atoms. The first kappa shape index (κ1) is 26.6. The Labute approximate surface area is 177 Å². The van der Waals surface area contributed by atoms with Gasteiger partial charge in [0.05, 0.1) is 6.04 Å². The highest BCUT2D eigenvalue weighted by molar-refractivity contribution is 9.09. The molecule has 6 nitrogen and oxygen atoms in total. The van der Waals surface area contributed by atoms with Crippen LogP contribution in [0.4, 0.5) is 0 Å². The maximum Gasteiger partial charge on any atom is 0.254 e. The lowest BCUT2D eigenvalue weighted by Gasteiger charge is -2.29. The van der Waals surface area contributed by atoms with Crippen LogP contribution in [0.3, 0.4) is 0 Å². The van der Waals surface area contributed by atoms with Crippen LogP contribution in [0.25, 0.3) is 0 Å². The second kappa shape index (κ2) is 14.5. The van der Waals surface area contributed by atoms with Gasteiger partial charge in [-0.15, -0.1) is 0 Å². The standard InChI is InChI=1S/C21H35BrN2O4/c1-6-10-17(11-9-12-22)16(5)23-20(27)18(25)19(26)21(28)24(13-7-2)14-15(4)8-3/h6,9-11,15-16,18-19,25-26H,1,7-8,12-14H2,2-5H3,(H,23,27)/b11-9-,17-10+/t15?,16-,18+,19+/m0/s1. The average molecular weight is 459 g/mol. The Balaban J connectivity index is 5.11. The summed E-state index contributed by atoms with van der Waals surface area (Å²) in [4.78, 5) is 26.5. The number of alkyl halides is 1. The van der Waals surface area contributed by atoms with Gasteiger partial charge in [-0.1, -0.05) is 74.0 Å². The fraction of sp³-hybridized carbons (Fsp3) is 0.619. The molecule has 1 unspecified atom stereocenters. The summed E-state index contributed by atoms with van der Waals surface area (Å²) in [5, 5.41) is 23.8. The van der Waals surface area contributed by atoms with E-state index in [2.05, 4.69) is 27.8 Å². The SMILES string of the molecule is C=C/C=C(\C=C/CBr)[C@H](C)NC(=O)[C@H](O)[C@@H](O)C(=O)N(CCC)CC(C)CC. The summed E-state index contributed by atoms with van der Waals surface area (Å²) < 4.78 is 0. The van der Waals surface area contributed by atoms with E-state index in [1.165, 1.54) is 4.90 Å². The van der Waals surface area contributed by atoms with Crippen molar-refractivity contribution in [3.8, 4) is 0 Å². The second-order valence-electron chi connectivity index (χ2n) is 6.88. The van der Waals surface area contributed by atoms with Crippen LogP contribution in [0.5, 0.6) is 0 Å². The molecule has 0 fully saturated rings. The molecule has 0 rings (SSSR count). The van der Waals surface area contributed by atoms with E-state index in [4.69, 9.17) is 0 Å². The van der Waals surface area contributed by atoms with Crippen LogP contribution in [0, 0.1) is 5.92 Å². The molecule has 0 saturated heterocycles. The summed E-state index contributed by atoms with van der Waals surface area (Å²) in [6.07, 6.45) is 5.02. The monoisotopic (exact) mass is 458 g/mol. The Bertz CT molecular complexity index is 563. The third kappa shape index (κ3) is 9.17. The van der Waals surface area contributed by atoms with Crippen molar-refractivity contribution >= 4 is 27.7 Å². The van der Waals surface area contributed by atoms with E-state index in [9.17, 15) is 19.8 Å². The first-order valence-corrected chi connectivity index (χ1v) is 10.9. The first-order chi connectivity index (χ1) is 13.2. The number of nitrogens with zero attached hydrogens (tertiary/aromatic N) is 1. The molecule has 0 spiro atoms. The number of carbonyl (C=O) groups is 2. The molecule has 0 aromatic rings. The molecule has 0 aliphatic heterocycles. The maximum absolute atomic E-state index is 12.6. The summed E-state index contributed by atoms with van der Waals surface area (Å²) in [6.45, 7) is 12.3. The van der Waals surface area contributed by atoms with Gasteiger partial charge in [0.25, 0.3) is 11.8 Å². The maximum atomic E-state index is 12.6. The lowest BCUT2D eigenvalue weighted by atomic mass is 10.1. The Morgan fingerprint density at radius 3 is 2.36 bits per heavy atom. The number of carbonyl (C=O) groups excluding carboxylic acids is 2. The van der Waals surface area contributed by atoms with Gasteiger partial charge >= 0.3 is 0 Å². The van der Waals surface area contributed by atoms with Crippen molar-refractivity contribution < 1.29 is 19.8 Å². The van der Waals surface area contributed by atoms with E-state index >= 15 is 0 Å². The van der Waals surface area contributed by atoms with Crippen molar-refractivity contribution in [2.45, 2.75) is 58.8 Å². The van der Waals surface area contributed by atoms with Gasteiger partial charge in [0.1, 0.15) is 0 Å². The van der Waals surface area contributed by atoms with E-state index in [1.54, 1.807) is 19.1 Å². The van der Waals surface area contributed by atoms with Crippen LogP contribution in [0.1, 0.15) is 40.5 Å². The third-order valence-corrected chi connectivity index (χ3v) is 4.80. The molecule has 4 atom stereocenters. The first-order valence-electron chi connectivity index (χ1n) is 9.73. The Morgan fingerprint density at radius 1 is 1.21 bits per heavy atom. The van der Waals surface area contributed by atoms with Crippen molar-refractivity contribution in [2.75, 3.05) is 18.4 Å². The fourth-order valence-electron chi connectivity index (χ4n) is 2.58. The normalized spacial score (nSPS) is 16.3. The smallest absolute Gasteiger partial charge is 0.254 e. The Morgan fingerprint density at radius 2 is 1.86 bits per heavy atom. The molecule has 160 valence electrons. The number of aliphatic hydroxyl groups is 2.